The maximum atomic E-state index is 6.01. The van der Waals surface area contributed by atoms with Crippen molar-refractivity contribution in [2.75, 3.05) is 26.2 Å². The summed E-state index contributed by atoms with van der Waals surface area (Å²) in [5.41, 5.74) is 0.279. The predicted molar refractivity (Wildman–Crippen MR) is 78.4 cm³/mol. The van der Waals surface area contributed by atoms with Crippen molar-refractivity contribution >= 4 is 0 Å². The summed E-state index contributed by atoms with van der Waals surface area (Å²) in [5.74, 6) is 0. The lowest BCUT2D eigenvalue weighted by Crippen LogP contribution is -2.54. The minimum atomic E-state index is 0.279. The Balaban J connectivity index is 1.42. The fraction of sp³-hybridized carbons (Fsp3) is 1.00. The van der Waals surface area contributed by atoms with Crippen LogP contribution in [0.1, 0.15) is 58.3 Å². The van der Waals surface area contributed by atoms with Gasteiger partial charge in [-0.15, -0.1) is 0 Å². The topological polar surface area (TPSA) is 24.5 Å². The van der Waals surface area contributed by atoms with Crippen LogP contribution < -0.4 is 5.32 Å². The molecule has 19 heavy (non-hydrogen) atoms. The van der Waals surface area contributed by atoms with Gasteiger partial charge < -0.3 is 15.0 Å². The van der Waals surface area contributed by atoms with Crippen molar-refractivity contribution in [3.8, 4) is 0 Å². The van der Waals surface area contributed by atoms with Crippen LogP contribution in [0.15, 0.2) is 0 Å². The molecule has 0 aromatic carbocycles. The zero-order valence-electron chi connectivity index (χ0n) is 12.5. The second kappa shape index (κ2) is 6.11. The summed E-state index contributed by atoms with van der Waals surface area (Å²) >= 11 is 0. The molecule has 0 amide bonds. The second-order valence-corrected chi connectivity index (χ2v) is 7.00. The zero-order valence-corrected chi connectivity index (χ0v) is 12.5. The molecule has 0 aromatic rings. The Bertz CT molecular complexity index is 284. The monoisotopic (exact) mass is 266 g/mol. The summed E-state index contributed by atoms with van der Waals surface area (Å²) in [6.45, 7) is 7.17. The van der Waals surface area contributed by atoms with E-state index in [0.29, 0.717) is 12.1 Å². The molecule has 2 atom stereocenters. The fourth-order valence-electron chi connectivity index (χ4n) is 4.07. The first-order chi connectivity index (χ1) is 9.26. The van der Waals surface area contributed by atoms with E-state index in [4.69, 9.17) is 4.74 Å². The Hall–Kier alpha value is -0.120. The van der Waals surface area contributed by atoms with Gasteiger partial charge in [0.05, 0.1) is 5.60 Å². The van der Waals surface area contributed by atoms with Crippen molar-refractivity contribution in [1.82, 2.24) is 10.2 Å². The molecule has 3 nitrogen and oxygen atoms in total. The van der Waals surface area contributed by atoms with E-state index in [9.17, 15) is 0 Å². The molecular weight excluding hydrogens is 236 g/mol. The average molecular weight is 266 g/mol. The highest BCUT2D eigenvalue weighted by atomic mass is 16.5. The van der Waals surface area contributed by atoms with E-state index in [2.05, 4.69) is 17.1 Å². The number of piperidine rings is 1. The molecule has 3 aliphatic rings. The normalized spacial score (nSPS) is 33.0. The van der Waals surface area contributed by atoms with E-state index in [1.807, 2.05) is 0 Å². The van der Waals surface area contributed by atoms with Gasteiger partial charge in [-0.3, -0.25) is 0 Å². The van der Waals surface area contributed by atoms with Crippen LogP contribution in [0.2, 0.25) is 0 Å². The van der Waals surface area contributed by atoms with Crippen molar-refractivity contribution in [2.45, 2.75) is 76.0 Å². The molecule has 1 N–H and O–H groups in total. The quantitative estimate of drug-likeness (QED) is 0.846. The van der Waals surface area contributed by atoms with Crippen LogP contribution in [-0.2, 0) is 4.74 Å². The molecule has 3 rings (SSSR count). The SMILES string of the molecule is CC(CN1CCCCC1)NC1CCOC2(CCC2)C1. The van der Waals surface area contributed by atoms with Crippen molar-refractivity contribution in [2.24, 2.45) is 0 Å². The van der Waals surface area contributed by atoms with Gasteiger partial charge in [-0.05, 0) is 65.0 Å². The largest absolute Gasteiger partial charge is 0.375 e. The number of rotatable bonds is 4. The lowest BCUT2D eigenvalue weighted by molar-refractivity contribution is -0.136. The summed E-state index contributed by atoms with van der Waals surface area (Å²) in [5, 5.41) is 3.87. The Morgan fingerprint density at radius 1 is 1.21 bits per heavy atom. The van der Waals surface area contributed by atoms with Crippen molar-refractivity contribution < 1.29 is 4.74 Å². The molecular formula is C16H30N2O. The maximum absolute atomic E-state index is 6.01. The summed E-state index contributed by atoms with van der Waals surface area (Å²) in [7, 11) is 0. The van der Waals surface area contributed by atoms with E-state index >= 15 is 0 Å². The Morgan fingerprint density at radius 3 is 2.68 bits per heavy atom. The summed E-state index contributed by atoms with van der Waals surface area (Å²) < 4.78 is 6.01. The molecule has 0 bridgehead atoms. The van der Waals surface area contributed by atoms with Gasteiger partial charge in [0.25, 0.3) is 0 Å². The Kier molecular flexibility index (Phi) is 4.45. The summed E-state index contributed by atoms with van der Waals surface area (Å²) in [4.78, 5) is 2.64. The van der Waals surface area contributed by atoms with E-state index < -0.39 is 0 Å². The number of ether oxygens (including phenoxy) is 1. The Labute approximate surface area is 118 Å². The first kappa shape index (κ1) is 13.8. The van der Waals surface area contributed by atoms with Crippen LogP contribution in [0.25, 0.3) is 0 Å². The lowest BCUT2D eigenvalue weighted by Gasteiger charge is -2.48. The average Bonchev–Trinajstić information content (AvgIpc) is 2.38. The first-order valence-electron chi connectivity index (χ1n) is 8.38. The third-order valence-electron chi connectivity index (χ3n) is 5.26. The molecule has 2 saturated heterocycles. The predicted octanol–water partition coefficient (Wildman–Crippen LogP) is 2.55. The number of hydrogen-bond donors (Lipinski definition) is 1. The van der Waals surface area contributed by atoms with Crippen molar-refractivity contribution in [1.29, 1.82) is 0 Å². The molecule has 2 heterocycles. The summed E-state index contributed by atoms with van der Waals surface area (Å²) in [6, 6.07) is 1.31. The van der Waals surface area contributed by atoms with Crippen molar-refractivity contribution in [3.05, 3.63) is 0 Å². The second-order valence-electron chi connectivity index (χ2n) is 7.00. The number of hydrogen-bond acceptors (Lipinski definition) is 3. The van der Waals surface area contributed by atoms with Gasteiger partial charge in [0.2, 0.25) is 0 Å². The van der Waals surface area contributed by atoms with Crippen LogP contribution in [0, 0.1) is 0 Å². The smallest absolute Gasteiger partial charge is 0.0697 e. The van der Waals surface area contributed by atoms with Crippen LogP contribution in [0.5, 0.6) is 0 Å². The number of nitrogens with zero attached hydrogens (tertiary/aromatic N) is 1. The molecule has 3 fully saturated rings. The van der Waals surface area contributed by atoms with E-state index in [1.165, 1.54) is 71.0 Å². The standard InChI is InChI=1S/C16H30N2O/c1-14(13-18-9-3-2-4-10-18)17-15-6-11-19-16(12-15)7-5-8-16/h14-15,17H,2-13H2,1H3. The van der Waals surface area contributed by atoms with Crippen LogP contribution in [0.3, 0.4) is 0 Å². The zero-order chi connectivity index (χ0) is 13.1. The third-order valence-corrected chi connectivity index (χ3v) is 5.26. The molecule has 0 aromatic heterocycles. The minimum absolute atomic E-state index is 0.279. The van der Waals surface area contributed by atoms with Gasteiger partial charge in [-0.2, -0.15) is 0 Å². The molecule has 1 spiro atoms. The summed E-state index contributed by atoms with van der Waals surface area (Å²) in [6.07, 6.45) is 10.6. The van der Waals surface area contributed by atoms with Gasteiger partial charge in [-0.25, -0.2) is 0 Å². The molecule has 1 aliphatic carbocycles. The van der Waals surface area contributed by atoms with Crippen LogP contribution in [-0.4, -0.2) is 48.8 Å². The molecule has 1 saturated carbocycles. The Morgan fingerprint density at radius 2 is 2.00 bits per heavy atom. The molecule has 2 unspecified atom stereocenters. The van der Waals surface area contributed by atoms with Crippen LogP contribution >= 0.6 is 0 Å². The fourth-order valence-corrected chi connectivity index (χ4v) is 4.07. The van der Waals surface area contributed by atoms with Crippen LogP contribution in [0.4, 0.5) is 0 Å². The highest BCUT2D eigenvalue weighted by Gasteiger charge is 2.42. The highest BCUT2D eigenvalue weighted by molar-refractivity contribution is 4.96. The van der Waals surface area contributed by atoms with Gasteiger partial charge in [0.15, 0.2) is 0 Å². The van der Waals surface area contributed by atoms with Gasteiger partial charge in [-0.1, -0.05) is 6.42 Å². The van der Waals surface area contributed by atoms with E-state index in [1.54, 1.807) is 0 Å². The van der Waals surface area contributed by atoms with Gasteiger partial charge >= 0.3 is 0 Å². The minimum Gasteiger partial charge on any atom is -0.375 e. The number of likely N-dealkylation sites (tertiary alicyclic amines) is 1. The van der Waals surface area contributed by atoms with E-state index in [-0.39, 0.29) is 5.60 Å². The molecule has 2 aliphatic heterocycles. The first-order valence-corrected chi connectivity index (χ1v) is 8.38. The van der Waals surface area contributed by atoms with Crippen molar-refractivity contribution in [3.63, 3.8) is 0 Å². The number of nitrogens with one attached hydrogen (secondary N) is 1. The lowest BCUT2D eigenvalue weighted by atomic mass is 9.74. The third kappa shape index (κ3) is 3.50. The molecule has 0 radical (unpaired) electrons. The van der Waals surface area contributed by atoms with E-state index in [0.717, 1.165) is 6.61 Å². The van der Waals surface area contributed by atoms with Gasteiger partial charge in [0.1, 0.15) is 0 Å². The van der Waals surface area contributed by atoms with Gasteiger partial charge in [0, 0.05) is 25.2 Å². The highest BCUT2D eigenvalue weighted by Crippen LogP contribution is 2.42. The molecule has 3 heteroatoms. The molecule has 110 valence electrons. The maximum Gasteiger partial charge on any atom is 0.0697 e.